The molecule has 1 heterocycles. The summed E-state index contributed by atoms with van der Waals surface area (Å²) in [6.45, 7) is 4.36. The summed E-state index contributed by atoms with van der Waals surface area (Å²) in [6.07, 6.45) is 4.72. The quantitative estimate of drug-likeness (QED) is 0.585. The van der Waals surface area contributed by atoms with Crippen LogP contribution in [0.5, 0.6) is 0 Å². The van der Waals surface area contributed by atoms with Crippen LogP contribution >= 0.6 is 11.6 Å². The average molecular weight is 158 g/mol. The van der Waals surface area contributed by atoms with Crippen molar-refractivity contribution in [2.45, 2.75) is 26.3 Å². The summed E-state index contributed by atoms with van der Waals surface area (Å²) in [7, 11) is 0. The van der Waals surface area contributed by atoms with Crippen molar-refractivity contribution in [2.24, 2.45) is 10.9 Å². The van der Waals surface area contributed by atoms with E-state index >= 15 is 0 Å². The van der Waals surface area contributed by atoms with Crippen molar-refractivity contribution in [1.29, 1.82) is 0 Å². The SMILES string of the molecule is CC(C)CC1N=CC=C1Cl. The van der Waals surface area contributed by atoms with Gasteiger partial charge in [-0.25, -0.2) is 0 Å². The minimum atomic E-state index is 0.252. The highest BCUT2D eigenvalue weighted by Crippen LogP contribution is 2.21. The standard InChI is InChI=1S/C8H12ClN/c1-6(2)5-8-7(9)3-4-10-8/h3-4,6,8H,5H2,1-2H3. The van der Waals surface area contributed by atoms with Crippen molar-refractivity contribution >= 4 is 17.8 Å². The monoisotopic (exact) mass is 157 g/mol. The van der Waals surface area contributed by atoms with E-state index in [1.54, 1.807) is 6.21 Å². The zero-order valence-corrected chi connectivity index (χ0v) is 7.10. The van der Waals surface area contributed by atoms with E-state index in [2.05, 4.69) is 18.8 Å². The minimum Gasteiger partial charge on any atom is -0.284 e. The lowest BCUT2D eigenvalue weighted by atomic mass is 10.0. The predicted octanol–water partition coefficient (Wildman–Crippen LogP) is 2.61. The van der Waals surface area contributed by atoms with Crippen molar-refractivity contribution in [1.82, 2.24) is 0 Å². The average Bonchev–Trinajstić information content (AvgIpc) is 2.15. The Morgan fingerprint density at radius 3 is 2.80 bits per heavy atom. The zero-order chi connectivity index (χ0) is 7.56. The Bertz CT molecular complexity index is 170. The summed E-state index contributed by atoms with van der Waals surface area (Å²) >= 11 is 5.86. The second kappa shape index (κ2) is 3.20. The topological polar surface area (TPSA) is 12.4 Å². The first-order valence-electron chi connectivity index (χ1n) is 3.59. The third kappa shape index (κ3) is 1.84. The molecule has 0 N–H and O–H groups in total. The predicted molar refractivity (Wildman–Crippen MR) is 45.7 cm³/mol. The number of rotatable bonds is 2. The van der Waals surface area contributed by atoms with Gasteiger partial charge in [0.05, 0.1) is 6.04 Å². The van der Waals surface area contributed by atoms with E-state index in [0.717, 1.165) is 11.5 Å². The third-order valence-corrected chi connectivity index (χ3v) is 1.89. The summed E-state index contributed by atoms with van der Waals surface area (Å²) in [4.78, 5) is 4.21. The van der Waals surface area contributed by atoms with Gasteiger partial charge >= 0.3 is 0 Å². The van der Waals surface area contributed by atoms with Crippen LogP contribution in [0.4, 0.5) is 0 Å². The molecule has 0 fully saturated rings. The molecule has 2 heteroatoms. The van der Waals surface area contributed by atoms with Crippen LogP contribution < -0.4 is 0 Å². The zero-order valence-electron chi connectivity index (χ0n) is 6.34. The fraction of sp³-hybridized carbons (Fsp3) is 0.625. The first-order chi connectivity index (χ1) is 4.70. The number of hydrogen-bond donors (Lipinski definition) is 0. The van der Waals surface area contributed by atoms with Gasteiger partial charge in [-0.1, -0.05) is 25.4 Å². The Morgan fingerprint density at radius 1 is 1.70 bits per heavy atom. The molecule has 56 valence electrons. The van der Waals surface area contributed by atoms with Crippen molar-refractivity contribution in [3.63, 3.8) is 0 Å². The molecule has 0 amide bonds. The second-order valence-corrected chi connectivity index (χ2v) is 3.43. The molecule has 1 atom stereocenters. The van der Waals surface area contributed by atoms with Crippen LogP contribution in [0.15, 0.2) is 16.1 Å². The van der Waals surface area contributed by atoms with Gasteiger partial charge in [-0.3, -0.25) is 4.99 Å². The van der Waals surface area contributed by atoms with Crippen LogP contribution in [0.3, 0.4) is 0 Å². The van der Waals surface area contributed by atoms with E-state index in [4.69, 9.17) is 11.6 Å². The van der Waals surface area contributed by atoms with E-state index in [0.29, 0.717) is 5.92 Å². The molecule has 0 aromatic rings. The molecule has 1 nitrogen and oxygen atoms in total. The van der Waals surface area contributed by atoms with Crippen LogP contribution in [0.25, 0.3) is 0 Å². The molecular formula is C8H12ClN. The van der Waals surface area contributed by atoms with Crippen molar-refractivity contribution in [3.8, 4) is 0 Å². The molecular weight excluding hydrogens is 146 g/mol. The third-order valence-electron chi connectivity index (χ3n) is 1.51. The van der Waals surface area contributed by atoms with Gasteiger partial charge in [0.1, 0.15) is 0 Å². The number of hydrogen-bond acceptors (Lipinski definition) is 1. The maximum atomic E-state index is 5.86. The number of nitrogens with zero attached hydrogens (tertiary/aromatic N) is 1. The van der Waals surface area contributed by atoms with Crippen LogP contribution in [0.1, 0.15) is 20.3 Å². The van der Waals surface area contributed by atoms with Crippen molar-refractivity contribution in [3.05, 3.63) is 11.1 Å². The Kier molecular flexibility index (Phi) is 2.50. The van der Waals surface area contributed by atoms with Crippen LogP contribution in [0, 0.1) is 5.92 Å². The van der Waals surface area contributed by atoms with E-state index in [1.807, 2.05) is 6.08 Å². The molecule has 0 radical (unpaired) electrons. The molecule has 0 saturated carbocycles. The van der Waals surface area contributed by atoms with Gasteiger partial charge in [-0.15, -0.1) is 0 Å². The van der Waals surface area contributed by atoms with Gasteiger partial charge in [0, 0.05) is 11.2 Å². The Balaban J connectivity index is 2.43. The Labute approximate surface area is 66.8 Å². The summed E-state index contributed by atoms with van der Waals surface area (Å²) in [5.74, 6) is 0.669. The smallest absolute Gasteiger partial charge is 0.0857 e. The van der Waals surface area contributed by atoms with Gasteiger partial charge in [-0.2, -0.15) is 0 Å². The Morgan fingerprint density at radius 2 is 2.40 bits per heavy atom. The molecule has 0 bridgehead atoms. The van der Waals surface area contributed by atoms with Gasteiger partial charge in [-0.05, 0) is 18.4 Å². The second-order valence-electron chi connectivity index (χ2n) is 3.00. The van der Waals surface area contributed by atoms with Crippen LogP contribution in [-0.2, 0) is 0 Å². The summed E-state index contributed by atoms with van der Waals surface area (Å²) in [6, 6.07) is 0.252. The molecule has 10 heavy (non-hydrogen) atoms. The number of halogens is 1. The fourth-order valence-corrected chi connectivity index (χ4v) is 1.22. The molecule has 1 aliphatic heterocycles. The highest BCUT2D eigenvalue weighted by Gasteiger charge is 2.14. The number of aliphatic imine (C=N–C) groups is 1. The van der Waals surface area contributed by atoms with Crippen molar-refractivity contribution < 1.29 is 0 Å². The lowest BCUT2D eigenvalue weighted by Crippen LogP contribution is -2.05. The molecule has 0 aromatic heterocycles. The minimum absolute atomic E-state index is 0.252. The number of allylic oxidation sites excluding steroid dienone is 1. The first kappa shape index (κ1) is 7.80. The molecule has 1 aliphatic rings. The molecule has 0 saturated heterocycles. The Hall–Kier alpha value is -0.300. The molecule has 0 aromatic carbocycles. The largest absolute Gasteiger partial charge is 0.284 e. The normalized spacial score (nSPS) is 24.0. The molecule has 1 rings (SSSR count). The molecule has 0 aliphatic carbocycles. The maximum Gasteiger partial charge on any atom is 0.0857 e. The first-order valence-corrected chi connectivity index (χ1v) is 3.97. The van der Waals surface area contributed by atoms with Gasteiger partial charge in [0.15, 0.2) is 0 Å². The van der Waals surface area contributed by atoms with E-state index in [1.165, 1.54) is 0 Å². The van der Waals surface area contributed by atoms with Crippen LogP contribution in [-0.4, -0.2) is 12.3 Å². The molecule has 1 unspecified atom stereocenters. The lowest BCUT2D eigenvalue weighted by molar-refractivity contribution is 0.547. The summed E-state index contributed by atoms with van der Waals surface area (Å²) in [5.41, 5.74) is 0. The summed E-state index contributed by atoms with van der Waals surface area (Å²) in [5, 5.41) is 0.883. The highest BCUT2D eigenvalue weighted by atomic mass is 35.5. The summed E-state index contributed by atoms with van der Waals surface area (Å²) < 4.78 is 0. The van der Waals surface area contributed by atoms with Gasteiger partial charge in [0.2, 0.25) is 0 Å². The van der Waals surface area contributed by atoms with Crippen LogP contribution in [0.2, 0.25) is 0 Å². The highest BCUT2D eigenvalue weighted by molar-refractivity contribution is 6.31. The van der Waals surface area contributed by atoms with E-state index in [-0.39, 0.29) is 6.04 Å². The fourth-order valence-electron chi connectivity index (χ4n) is 1.02. The van der Waals surface area contributed by atoms with Gasteiger partial charge < -0.3 is 0 Å². The van der Waals surface area contributed by atoms with Gasteiger partial charge in [0.25, 0.3) is 0 Å². The van der Waals surface area contributed by atoms with E-state index in [9.17, 15) is 0 Å². The molecule has 0 spiro atoms. The van der Waals surface area contributed by atoms with Crippen molar-refractivity contribution in [2.75, 3.05) is 0 Å². The maximum absolute atomic E-state index is 5.86. The lowest BCUT2D eigenvalue weighted by Gasteiger charge is -2.09. The van der Waals surface area contributed by atoms with E-state index < -0.39 is 0 Å².